The summed E-state index contributed by atoms with van der Waals surface area (Å²) in [5.74, 6) is 0.201. The largest absolute Gasteiger partial charge is 0.342 e. The molecule has 19 heavy (non-hydrogen) atoms. The molecule has 0 aromatic heterocycles. The lowest BCUT2D eigenvalue weighted by Gasteiger charge is -2.33. The Morgan fingerprint density at radius 2 is 2.05 bits per heavy atom. The lowest BCUT2D eigenvalue weighted by molar-refractivity contribution is -0.132. The summed E-state index contributed by atoms with van der Waals surface area (Å²) >= 11 is 0. The molecule has 4 heteroatoms. The fourth-order valence-corrected chi connectivity index (χ4v) is 2.59. The zero-order valence-electron chi connectivity index (χ0n) is 11.3. The maximum atomic E-state index is 13.5. The van der Waals surface area contributed by atoms with Gasteiger partial charge in [-0.15, -0.1) is 0 Å². The zero-order chi connectivity index (χ0) is 13.8. The van der Waals surface area contributed by atoms with Crippen LogP contribution in [0.1, 0.15) is 25.3 Å². The molecule has 1 aromatic rings. The average molecular weight is 264 g/mol. The molecule has 2 N–H and O–H groups in total. The molecule has 104 valence electrons. The van der Waals surface area contributed by atoms with Crippen molar-refractivity contribution in [2.45, 2.75) is 32.2 Å². The number of nitrogens with two attached hydrogens (primary N) is 1. The average Bonchev–Trinajstić information content (AvgIpc) is 2.41. The third-order valence-corrected chi connectivity index (χ3v) is 3.94. The predicted molar refractivity (Wildman–Crippen MR) is 73.1 cm³/mol. The summed E-state index contributed by atoms with van der Waals surface area (Å²) in [6.45, 7) is 3.49. The molecule has 0 aliphatic carbocycles. The van der Waals surface area contributed by atoms with E-state index >= 15 is 0 Å². The molecule has 2 rings (SSSR count). The van der Waals surface area contributed by atoms with E-state index in [1.54, 1.807) is 18.2 Å². The van der Waals surface area contributed by atoms with Gasteiger partial charge in [-0.1, -0.05) is 18.2 Å². The summed E-state index contributed by atoms with van der Waals surface area (Å²) in [7, 11) is 0. The molecule has 1 atom stereocenters. The monoisotopic (exact) mass is 264 g/mol. The Balaban J connectivity index is 1.90. The summed E-state index contributed by atoms with van der Waals surface area (Å²) in [6.07, 6.45) is 2.04. The van der Waals surface area contributed by atoms with Crippen LogP contribution >= 0.6 is 0 Å². The number of amides is 1. The highest BCUT2D eigenvalue weighted by Crippen LogP contribution is 2.20. The van der Waals surface area contributed by atoms with Crippen molar-refractivity contribution in [1.29, 1.82) is 0 Å². The minimum absolute atomic E-state index is 0.00762. The molecule has 1 fully saturated rings. The van der Waals surface area contributed by atoms with Gasteiger partial charge in [0.05, 0.1) is 6.42 Å². The van der Waals surface area contributed by atoms with Crippen LogP contribution in [0.25, 0.3) is 0 Å². The third-order valence-electron chi connectivity index (χ3n) is 3.94. The SMILES string of the molecule is CC(N)C1CCN(C(=O)Cc2ccccc2F)CC1. The second kappa shape index (κ2) is 6.15. The number of rotatable bonds is 3. The number of carbonyl (C=O) groups is 1. The van der Waals surface area contributed by atoms with Gasteiger partial charge in [-0.25, -0.2) is 4.39 Å². The maximum absolute atomic E-state index is 13.5. The fraction of sp³-hybridized carbons (Fsp3) is 0.533. The quantitative estimate of drug-likeness (QED) is 0.907. The van der Waals surface area contributed by atoms with E-state index in [0.29, 0.717) is 11.5 Å². The zero-order valence-corrected chi connectivity index (χ0v) is 11.3. The van der Waals surface area contributed by atoms with Crippen LogP contribution in [0, 0.1) is 11.7 Å². The van der Waals surface area contributed by atoms with Crippen LogP contribution in [0.15, 0.2) is 24.3 Å². The van der Waals surface area contributed by atoms with Gasteiger partial charge in [-0.05, 0) is 37.3 Å². The van der Waals surface area contributed by atoms with Gasteiger partial charge in [0.25, 0.3) is 0 Å². The molecule has 1 amide bonds. The van der Waals surface area contributed by atoms with Crippen molar-refractivity contribution >= 4 is 5.91 Å². The number of halogens is 1. The van der Waals surface area contributed by atoms with Crippen molar-refractivity contribution in [2.75, 3.05) is 13.1 Å². The normalized spacial score (nSPS) is 18.4. The second-order valence-corrected chi connectivity index (χ2v) is 5.35. The van der Waals surface area contributed by atoms with Crippen LogP contribution in [-0.2, 0) is 11.2 Å². The minimum Gasteiger partial charge on any atom is -0.342 e. The van der Waals surface area contributed by atoms with E-state index < -0.39 is 0 Å². The molecule has 1 aromatic carbocycles. The summed E-state index contributed by atoms with van der Waals surface area (Å²) in [4.78, 5) is 13.9. The molecule has 1 heterocycles. The Morgan fingerprint density at radius 1 is 1.42 bits per heavy atom. The highest BCUT2D eigenvalue weighted by molar-refractivity contribution is 5.78. The first kappa shape index (κ1) is 14.0. The van der Waals surface area contributed by atoms with Gasteiger partial charge >= 0.3 is 0 Å². The van der Waals surface area contributed by atoms with Gasteiger partial charge < -0.3 is 10.6 Å². The van der Waals surface area contributed by atoms with E-state index in [-0.39, 0.29) is 24.2 Å². The Labute approximate surface area is 113 Å². The van der Waals surface area contributed by atoms with Crippen LogP contribution in [0.4, 0.5) is 4.39 Å². The fourth-order valence-electron chi connectivity index (χ4n) is 2.59. The van der Waals surface area contributed by atoms with E-state index in [0.717, 1.165) is 25.9 Å². The lowest BCUT2D eigenvalue weighted by Crippen LogP contribution is -2.43. The van der Waals surface area contributed by atoms with Crippen molar-refractivity contribution < 1.29 is 9.18 Å². The van der Waals surface area contributed by atoms with Crippen molar-refractivity contribution in [3.63, 3.8) is 0 Å². The van der Waals surface area contributed by atoms with Gasteiger partial charge in [0, 0.05) is 19.1 Å². The molecule has 0 spiro atoms. The van der Waals surface area contributed by atoms with E-state index in [1.165, 1.54) is 6.07 Å². The summed E-state index contributed by atoms with van der Waals surface area (Å²) in [5.41, 5.74) is 6.35. The van der Waals surface area contributed by atoms with Gasteiger partial charge in [-0.2, -0.15) is 0 Å². The first-order valence-electron chi connectivity index (χ1n) is 6.84. The Bertz CT molecular complexity index is 440. The molecule has 1 aliphatic rings. The standard InChI is InChI=1S/C15H21FN2O/c1-11(17)12-6-8-18(9-7-12)15(19)10-13-4-2-3-5-14(13)16/h2-5,11-12H,6-10,17H2,1H3. The van der Waals surface area contributed by atoms with Crippen molar-refractivity contribution in [1.82, 2.24) is 4.90 Å². The summed E-state index contributed by atoms with van der Waals surface area (Å²) in [6, 6.07) is 6.64. The van der Waals surface area contributed by atoms with Gasteiger partial charge in [0.15, 0.2) is 0 Å². The van der Waals surface area contributed by atoms with Crippen LogP contribution in [0.3, 0.4) is 0 Å². The molecular weight excluding hydrogens is 243 g/mol. The maximum Gasteiger partial charge on any atom is 0.227 e. The smallest absolute Gasteiger partial charge is 0.227 e. The number of likely N-dealkylation sites (tertiary alicyclic amines) is 1. The number of hydrogen-bond donors (Lipinski definition) is 1. The molecule has 1 unspecified atom stereocenters. The number of piperidine rings is 1. The van der Waals surface area contributed by atoms with Crippen molar-refractivity contribution in [2.24, 2.45) is 11.7 Å². The van der Waals surface area contributed by atoms with E-state index in [9.17, 15) is 9.18 Å². The Morgan fingerprint density at radius 3 is 2.63 bits per heavy atom. The highest BCUT2D eigenvalue weighted by Gasteiger charge is 2.25. The first-order chi connectivity index (χ1) is 9.08. The van der Waals surface area contributed by atoms with Gasteiger partial charge in [0.2, 0.25) is 5.91 Å². The third kappa shape index (κ3) is 3.53. The van der Waals surface area contributed by atoms with Crippen molar-refractivity contribution in [3.05, 3.63) is 35.6 Å². The molecular formula is C15H21FN2O. The van der Waals surface area contributed by atoms with E-state index in [2.05, 4.69) is 0 Å². The minimum atomic E-state index is -0.304. The van der Waals surface area contributed by atoms with Crippen LogP contribution in [0.5, 0.6) is 0 Å². The number of benzene rings is 1. The molecule has 0 bridgehead atoms. The molecule has 1 aliphatic heterocycles. The first-order valence-corrected chi connectivity index (χ1v) is 6.84. The molecule has 0 radical (unpaired) electrons. The molecule has 3 nitrogen and oxygen atoms in total. The highest BCUT2D eigenvalue weighted by atomic mass is 19.1. The van der Waals surface area contributed by atoms with Crippen LogP contribution in [-0.4, -0.2) is 29.9 Å². The number of nitrogens with zero attached hydrogens (tertiary/aromatic N) is 1. The Hall–Kier alpha value is -1.42. The van der Waals surface area contributed by atoms with E-state index in [4.69, 9.17) is 5.73 Å². The van der Waals surface area contributed by atoms with Gasteiger partial charge in [-0.3, -0.25) is 4.79 Å². The second-order valence-electron chi connectivity index (χ2n) is 5.35. The topological polar surface area (TPSA) is 46.3 Å². The molecule has 0 saturated carbocycles. The van der Waals surface area contributed by atoms with Crippen LogP contribution in [0.2, 0.25) is 0 Å². The number of carbonyl (C=O) groups excluding carboxylic acids is 1. The lowest BCUT2D eigenvalue weighted by atomic mass is 9.91. The van der Waals surface area contributed by atoms with Crippen molar-refractivity contribution in [3.8, 4) is 0 Å². The number of hydrogen-bond acceptors (Lipinski definition) is 2. The van der Waals surface area contributed by atoms with Gasteiger partial charge in [0.1, 0.15) is 5.82 Å². The summed E-state index contributed by atoms with van der Waals surface area (Å²) in [5, 5.41) is 0. The van der Waals surface area contributed by atoms with E-state index in [1.807, 2.05) is 11.8 Å². The summed E-state index contributed by atoms with van der Waals surface area (Å²) < 4.78 is 13.5. The van der Waals surface area contributed by atoms with Crippen LogP contribution < -0.4 is 5.73 Å². The predicted octanol–water partition coefficient (Wildman–Crippen LogP) is 1.95. The molecule has 1 saturated heterocycles. The Kier molecular flexibility index (Phi) is 4.53.